The molecule has 0 aliphatic carbocycles. The van der Waals surface area contributed by atoms with Gasteiger partial charge in [0.1, 0.15) is 0 Å². The third-order valence-electron chi connectivity index (χ3n) is 7.88. The third kappa shape index (κ3) is 19.1. The molecule has 0 bridgehead atoms. The van der Waals surface area contributed by atoms with Crippen LogP contribution >= 0.6 is 64.8 Å². The van der Waals surface area contributed by atoms with E-state index in [2.05, 4.69) is 0 Å². The first-order valence-corrected chi connectivity index (χ1v) is 23.5. The normalized spacial score (nSPS) is 22.5. The Bertz CT molecular complexity index is 732. The molecule has 0 radical (unpaired) electrons. The van der Waals surface area contributed by atoms with Crippen LogP contribution in [0.4, 0.5) is 0 Å². The third-order valence-corrected chi connectivity index (χ3v) is 16.9. The van der Waals surface area contributed by atoms with E-state index in [1.807, 2.05) is 64.8 Å². The van der Waals surface area contributed by atoms with Gasteiger partial charge < -0.3 is 14.2 Å². The molecule has 3 heterocycles. The van der Waals surface area contributed by atoms with Gasteiger partial charge in [-0.2, -0.15) is 0 Å². The minimum atomic E-state index is -0.160. The van der Waals surface area contributed by atoms with Crippen molar-refractivity contribution in [1.82, 2.24) is 0 Å². The van der Waals surface area contributed by atoms with E-state index < -0.39 is 0 Å². The molecule has 248 valence electrons. The van der Waals surface area contributed by atoms with Crippen LogP contribution in [0, 0.1) is 5.92 Å². The summed E-state index contributed by atoms with van der Waals surface area (Å²) >= 11 is 0. The van der Waals surface area contributed by atoms with Crippen LogP contribution in [0.5, 0.6) is 0 Å². The topological polar surface area (TPSA) is 78.9 Å². The van der Waals surface area contributed by atoms with Gasteiger partial charge in [0.05, 0.1) is 19.8 Å². The Morgan fingerprint density at radius 2 is 0.953 bits per heavy atom. The summed E-state index contributed by atoms with van der Waals surface area (Å²) in [4.78, 5) is 36.9. The van der Waals surface area contributed by atoms with Gasteiger partial charge in [-0.3, -0.25) is 14.4 Å². The summed E-state index contributed by atoms with van der Waals surface area (Å²) in [6.45, 7) is 0.959. The highest BCUT2D eigenvalue weighted by molar-refractivity contribution is 8.78. The molecule has 0 N–H and O–H groups in total. The summed E-state index contributed by atoms with van der Waals surface area (Å²) in [7, 11) is 11.8. The van der Waals surface area contributed by atoms with E-state index in [0.29, 0.717) is 25.9 Å². The fourth-order valence-corrected chi connectivity index (χ4v) is 14.3. The SMILES string of the molecule is O=C(CCCCC1CCSS1)OCCCCC(COC(=O)CCCCC1CCSS1)COC(=O)CCCCC1CCSS1. The monoisotopic (exact) mass is 712 g/mol. The number of hydrogen-bond donors (Lipinski definition) is 0. The Morgan fingerprint density at radius 1 is 0.535 bits per heavy atom. The molecule has 3 rings (SSSR count). The van der Waals surface area contributed by atoms with Crippen LogP contribution in [0.25, 0.3) is 0 Å². The lowest BCUT2D eigenvalue weighted by atomic mass is 10.0. The van der Waals surface area contributed by atoms with E-state index in [4.69, 9.17) is 14.2 Å². The van der Waals surface area contributed by atoms with Gasteiger partial charge in [-0.15, -0.1) is 0 Å². The molecule has 43 heavy (non-hydrogen) atoms. The lowest BCUT2D eigenvalue weighted by Gasteiger charge is -2.17. The standard InChI is InChI=1S/C31H52O6S6/c32-29(13-4-1-10-26-16-20-38-41-26)35-19-8-7-9-25(23-36-30(33)14-5-2-11-27-17-21-39-42-27)24-37-31(34)15-6-3-12-28-18-22-40-43-28/h25-28H,1-24H2. The Balaban J connectivity index is 1.26. The van der Waals surface area contributed by atoms with Gasteiger partial charge in [0, 0.05) is 58.2 Å². The van der Waals surface area contributed by atoms with Crippen LogP contribution in [0.1, 0.15) is 116 Å². The molecule has 0 amide bonds. The van der Waals surface area contributed by atoms with Crippen LogP contribution in [0.15, 0.2) is 0 Å². The first kappa shape index (κ1) is 38.0. The lowest BCUT2D eigenvalue weighted by molar-refractivity contribution is -0.150. The Hall–Kier alpha value is 0.510. The summed E-state index contributed by atoms with van der Waals surface area (Å²) in [5.74, 6) is 3.27. The van der Waals surface area contributed by atoms with Crippen molar-refractivity contribution >= 4 is 82.7 Å². The molecule has 6 nitrogen and oxygen atoms in total. The largest absolute Gasteiger partial charge is 0.466 e. The molecule has 3 saturated heterocycles. The van der Waals surface area contributed by atoms with Crippen LogP contribution in [-0.2, 0) is 28.6 Å². The predicted molar refractivity (Wildman–Crippen MR) is 191 cm³/mol. The van der Waals surface area contributed by atoms with E-state index >= 15 is 0 Å². The van der Waals surface area contributed by atoms with Crippen molar-refractivity contribution in [2.24, 2.45) is 5.92 Å². The fourth-order valence-electron chi connectivity index (χ4n) is 5.19. The van der Waals surface area contributed by atoms with Crippen molar-refractivity contribution in [1.29, 1.82) is 0 Å². The van der Waals surface area contributed by atoms with Crippen LogP contribution in [0.3, 0.4) is 0 Å². The maximum absolute atomic E-state index is 12.4. The second-order valence-corrected chi connectivity index (χ2v) is 20.0. The van der Waals surface area contributed by atoms with Gasteiger partial charge in [-0.05, 0) is 77.0 Å². The van der Waals surface area contributed by atoms with Crippen LogP contribution in [0.2, 0.25) is 0 Å². The summed E-state index contributed by atoms with van der Waals surface area (Å²) in [5.41, 5.74) is 0. The van der Waals surface area contributed by atoms with Gasteiger partial charge >= 0.3 is 17.9 Å². The Labute approximate surface area is 283 Å². The van der Waals surface area contributed by atoms with Crippen molar-refractivity contribution in [3.05, 3.63) is 0 Å². The smallest absolute Gasteiger partial charge is 0.305 e. The maximum atomic E-state index is 12.4. The van der Waals surface area contributed by atoms with E-state index in [-0.39, 0.29) is 37.0 Å². The second kappa shape index (κ2) is 24.7. The van der Waals surface area contributed by atoms with E-state index in [9.17, 15) is 14.4 Å². The highest BCUT2D eigenvalue weighted by atomic mass is 33.1. The van der Waals surface area contributed by atoms with Crippen LogP contribution < -0.4 is 0 Å². The van der Waals surface area contributed by atoms with Crippen molar-refractivity contribution in [3.63, 3.8) is 0 Å². The summed E-state index contributed by atoms with van der Waals surface area (Å²) < 4.78 is 16.7. The number of carbonyl (C=O) groups excluding carboxylic acids is 3. The zero-order chi connectivity index (χ0) is 30.4. The van der Waals surface area contributed by atoms with Gasteiger partial charge in [0.25, 0.3) is 0 Å². The molecular weight excluding hydrogens is 661 g/mol. The van der Waals surface area contributed by atoms with Crippen molar-refractivity contribution in [2.75, 3.05) is 37.1 Å². The Morgan fingerprint density at radius 3 is 1.35 bits per heavy atom. The average molecular weight is 713 g/mol. The summed E-state index contributed by atoms with van der Waals surface area (Å²) in [6, 6.07) is 0. The molecule has 12 heteroatoms. The fraction of sp³-hybridized carbons (Fsp3) is 0.903. The van der Waals surface area contributed by atoms with Gasteiger partial charge in [-0.25, -0.2) is 0 Å². The molecule has 3 fully saturated rings. The molecular formula is C31H52O6S6. The summed E-state index contributed by atoms with van der Waals surface area (Å²) in [6.07, 6.45) is 17.0. The highest BCUT2D eigenvalue weighted by Gasteiger charge is 2.19. The molecule has 0 aromatic rings. The zero-order valence-corrected chi connectivity index (χ0v) is 30.6. The molecule has 0 spiro atoms. The molecule has 3 unspecified atom stereocenters. The quantitative estimate of drug-likeness (QED) is 0.0414. The first-order chi connectivity index (χ1) is 21.1. The van der Waals surface area contributed by atoms with Crippen molar-refractivity contribution in [2.45, 2.75) is 131 Å². The number of ether oxygens (including phenoxy) is 3. The predicted octanol–water partition coefficient (Wildman–Crippen LogP) is 9.54. The van der Waals surface area contributed by atoms with Crippen LogP contribution in [-0.4, -0.2) is 70.7 Å². The van der Waals surface area contributed by atoms with E-state index in [1.165, 1.54) is 55.8 Å². The number of esters is 3. The van der Waals surface area contributed by atoms with Crippen molar-refractivity contribution in [3.8, 4) is 0 Å². The lowest BCUT2D eigenvalue weighted by Crippen LogP contribution is -2.21. The van der Waals surface area contributed by atoms with Gasteiger partial charge in [0.15, 0.2) is 0 Å². The minimum Gasteiger partial charge on any atom is -0.466 e. The molecule has 0 aromatic heterocycles. The van der Waals surface area contributed by atoms with E-state index in [1.54, 1.807) is 0 Å². The maximum Gasteiger partial charge on any atom is 0.305 e. The van der Waals surface area contributed by atoms with Gasteiger partial charge in [0.2, 0.25) is 0 Å². The average Bonchev–Trinajstić information content (AvgIpc) is 3.81. The van der Waals surface area contributed by atoms with Gasteiger partial charge in [-0.1, -0.05) is 84.0 Å². The number of hydrogen-bond acceptors (Lipinski definition) is 12. The molecule has 0 aromatic carbocycles. The first-order valence-electron chi connectivity index (χ1n) is 16.4. The molecule has 3 aliphatic heterocycles. The molecule has 3 aliphatic rings. The number of carbonyl (C=O) groups is 3. The summed E-state index contributed by atoms with van der Waals surface area (Å²) in [5, 5.41) is 2.23. The molecule has 0 saturated carbocycles. The highest BCUT2D eigenvalue weighted by Crippen LogP contribution is 2.41. The van der Waals surface area contributed by atoms with E-state index in [0.717, 1.165) is 73.5 Å². The van der Waals surface area contributed by atoms with Crippen molar-refractivity contribution < 1.29 is 28.6 Å². The second-order valence-electron chi connectivity index (χ2n) is 11.7. The minimum absolute atomic E-state index is 0.0333. The number of rotatable bonds is 24. The number of unbranched alkanes of at least 4 members (excludes halogenated alkanes) is 4. The Kier molecular flexibility index (Phi) is 21.8. The zero-order valence-electron chi connectivity index (χ0n) is 25.7. The molecule has 3 atom stereocenters.